The molecule has 19 heavy (non-hydrogen) atoms. The number of carbonyl (C=O) groups is 1. The molecule has 1 N–H and O–H groups in total. The zero-order chi connectivity index (χ0) is 13.3. The molecular formula is C14H18ClN3O. The van der Waals surface area contributed by atoms with Crippen LogP contribution in [0.3, 0.4) is 0 Å². The molecule has 1 aliphatic heterocycles. The Morgan fingerprint density at radius 3 is 2.74 bits per heavy atom. The number of carbonyl (C=O) groups excluding carboxylic acids is 1. The van der Waals surface area contributed by atoms with Crippen LogP contribution in [0.1, 0.15) is 38.5 Å². The number of amides is 2. The Morgan fingerprint density at radius 1 is 1.26 bits per heavy atom. The molecule has 2 amide bonds. The van der Waals surface area contributed by atoms with Crippen LogP contribution >= 0.6 is 11.6 Å². The number of hydrogen-bond donors (Lipinski definition) is 1. The van der Waals surface area contributed by atoms with Gasteiger partial charge in [0.2, 0.25) is 0 Å². The Labute approximate surface area is 118 Å². The number of pyridine rings is 1. The van der Waals surface area contributed by atoms with Gasteiger partial charge in [0.25, 0.3) is 0 Å². The Kier molecular flexibility index (Phi) is 3.35. The molecule has 3 rings (SSSR count). The van der Waals surface area contributed by atoms with Crippen molar-refractivity contribution < 1.29 is 4.79 Å². The fourth-order valence-corrected chi connectivity index (χ4v) is 3.65. The third-order valence-corrected chi connectivity index (χ3v) is 4.54. The predicted molar refractivity (Wildman–Crippen MR) is 75.4 cm³/mol. The summed E-state index contributed by atoms with van der Waals surface area (Å²) >= 11 is 5.88. The largest absolute Gasteiger partial charge is 0.322 e. The first kappa shape index (κ1) is 12.7. The second-order valence-corrected chi connectivity index (χ2v) is 5.95. The maximum absolute atomic E-state index is 12.4. The van der Waals surface area contributed by atoms with Crippen molar-refractivity contribution in [3.63, 3.8) is 0 Å². The third kappa shape index (κ3) is 2.41. The molecule has 1 aromatic heterocycles. The molecule has 102 valence electrons. The summed E-state index contributed by atoms with van der Waals surface area (Å²) < 4.78 is 0. The summed E-state index contributed by atoms with van der Waals surface area (Å²) in [6.07, 6.45) is 10.2. The van der Waals surface area contributed by atoms with E-state index < -0.39 is 0 Å². The molecule has 4 nitrogen and oxygen atoms in total. The minimum absolute atomic E-state index is 0.0107. The van der Waals surface area contributed by atoms with Crippen LogP contribution in [0.5, 0.6) is 0 Å². The van der Waals surface area contributed by atoms with E-state index in [0.29, 0.717) is 10.7 Å². The molecule has 1 saturated heterocycles. The Bertz CT molecular complexity index is 480. The third-order valence-electron chi connectivity index (χ3n) is 4.33. The maximum Gasteiger partial charge on any atom is 0.322 e. The lowest BCUT2D eigenvalue weighted by atomic mass is 9.94. The molecule has 0 radical (unpaired) electrons. The van der Waals surface area contributed by atoms with Crippen molar-refractivity contribution in [2.24, 2.45) is 0 Å². The van der Waals surface area contributed by atoms with E-state index in [9.17, 15) is 4.79 Å². The standard InChI is InChI=1S/C14H18ClN3O/c15-11-8-12(10-16-9-11)17-13(19)18-7-3-6-14(18)4-1-2-5-14/h8-10H,1-7H2,(H,17,19). The van der Waals surface area contributed by atoms with Crippen LogP contribution in [0.4, 0.5) is 10.5 Å². The second-order valence-electron chi connectivity index (χ2n) is 5.51. The number of nitrogens with zero attached hydrogens (tertiary/aromatic N) is 2. The van der Waals surface area contributed by atoms with E-state index in [1.807, 2.05) is 4.90 Å². The van der Waals surface area contributed by atoms with E-state index in [1.54, 1.807) is 18.5 Å². The van der Waals surface area contributed by atoms with Crippen LogP contribution < -0.4 is 5.32 Å². The zero-order valence-corrected chi connectivity index (χ0v) is 11.6. The Hall–Kier alpha value is -1.29. The Morgan fingerprint density at radius 2 is 2.00 bits per heavy atom. The van der Waals surface area contributed by atoms with Crippen LogP contribution in [-0.4, -0.2) is 28.0 Å². The number of halogens is 1. The van der Waals surface area contributed by atoms with Gasteiger partial charge in [0.1, 0.15) is 0 Å². The second kappa shape index (κ2) is 5.00. The van der Waals surface area contributed by atoms with Crippen molar-refractivity contribution in [3.05, 3.63) is 23.5 Å². The molecule has 0 atom stereocenters. The van der Waals surface area contributed by atoms with Gasteiger partial charge in [-0.25, -0.2) is 4.79 Å². The van der Waals surface area contributed by atoms with Gasteiger partial charge in [-0.3, -0.25) is 4.98 Å². The summed E-state index contributed by atoms with van der Waals surface area (Å²) in [5, 5.41) is 3.45. The van der Waals surface area contributed by atoms with E-state index >= 15 is 0 Å². The van der Waals surface area contributed by atoms with Gasteiger partial charge in [0.05, 0.1) is 16.9 Å². The predicted octanol–water partition coefficient (Wildman–Crippen LogP) is 3.68. The van der Waals surface area contributed by atoms with Crippen LogP contribution in [0.25, 0.3) is 0 Å². The normalized spacial score (nSPS) is 21.0. The smallest absolute Gasteiger partial charge is 0.319 e. The first-order valence-corrected chi connectivity index (χ1v) is 7.27. The molecule has 2 aliphatic rings. The van der Waals surface area contributed by atoms with Gasteiger partial charge in [0, 0.05) is 18.3 Å². The summed E-state index contributed by atoms with van der Waals surface area (Å²) in [6.45, 7) is 0.861. The molecule has 0 unspecified atom stereocenters. The summed E-state index contributed by atoms with van der Waals surface area (Å²) in [4.78, 5) is 18.4. The van der Waals surface area contributed by atoms with Crippen molar-refractivity contribution >= 4 is 23.3 Å². The van der Waals surface area contributed by atoms with Gasteiger partial charge >= 0.3 is 6.03 Å². The SMILES string of the molecule is O=C(Nc1cncc(Cl)c1)N1CCCC12CCCC2. The number of urea groups is 1. The fraction of sp³-hybridized carbons (Fsp3) is 0.571. The molecule has 0 bridgehead atoms. The topological polar surface area (TPSA) is 45.2 Å². The lowest BCUT2D eigenvalue weighted by Crippen LogP contribution is -2.47. The lowest BCUT2D eigenvalue weighted by molar-refractivity contribution is 0.160. The highest BCUT2D eigenvalue weighted by atomic mass is 35.5. The average molecular weight is 280 g/mol. The fourth-order valence-electron chi connectivity index (χ4n) is 3.48. The average Bonchev–Trinajstić information content (AvgIpc) is 3.00. The molecule has 1 aromatic rings. The molecule has 5 heteroatoms. The first-order chi connectivity index (χ1) is 9.20. The van der Waals surface area contributed by atoms with Crippen molar-refractivity contribution in [3.8, 4) is 0 Å². The summed E-state index contributed by atoms with van der Waals surface area (Å²) in [7, 11) is 0. The van der Waals surface area contributed by atoms with Crippen molar-refractivity contribution in [1.29, 1.82) is 0 Å². The molecule has 0 aromatic carbocycles. The van der Waals surface area contributed by atoms with E-state index in [0.717, 1.165) is 32.2 Å². The highest BCUT2D eigenvalue weighted by Gasteiger charge is 2.45. The van der Waals surface area contributed by atoms with Crippen molar-refractivity contribution in [2.75, 3.05) is 11.9 Å². The monoisotopic (exact) mass is 279 g/mol. The quantitative estimate of drug-likeness (QED) is 0.852. The number of nitrogens with one attached hydrogen (secondary N) is 1. The van der Waals surface area contributed by atoms with Gasteiger partial charge in [-0.1, -0.05) is 24.4 Å². The van der Waals surface area contributed by atoms with Gasteiger partial charge < -0.3 is 10.2 Å². The Balaban J connectivity index is 1.73. The number of likely N-dealkylation sites (tertiary alicyclic amines) is 1. The van der Waals surface area contributed by atoms with Gasteiger partial charge in [-0.15, -0.1) is 0 Å². The minimum atomic E-state index is -0.0107. The first-order valence-electron chi connectivity index (χ1n) is 6.89. The molecule has 1 aliphatic carbocycles. The van der Waals surface area contributed by atoms with Crippen LogP contribution in [0, 0.1) is 0 Å². The number of aromatic nitrogens is 1. The van der Waals surface area contributed by atoms with Gasteiger partial charge in [-0.2, -0.15) is 0 Å². The lowest BCUT2D eigenvalue weighted by Gasteiger charge is -2.35. The number of anilines is 1. The van der Waals surface area contributed by atoms with Gasteiger partial charge in [0.15, 0.2) is 0 Å². The summed E-state index contributed by atoms with van der Waals surface area (Å²) in [5.74, 6) is 0. The van der Waals surface area contributed by atoms with E-state index in [4.69, 9.17) is 11.6 Å². The number of hydrogen-bond acceptors (Lipinski definition) is 2. The zero-order valence-electron chi connectivity index (χ0n) is 10.9. The number of rotatable bonds is 1. The molecular weight excluding hydrogens is 262 g/mol. The molecule has 2 fully saturated rings. The van der Waals surface area contributed by atoms with Crippen LogP contribution in [-0.2, 0) is 0 Å². The maximum atomic E-state index is 12.4. The highest BCUT2D eigenvalue weighted by Crippen LogP contribution is 2.43. The molecule has 1 spiro atoms. The van der Waals surface area contributed by atoms with Crippen LogP contribution in [0.15, 0.2) is 18.5 Å². The van der Waals surface area contributed by atoms with Crippen molar-refractivity contribution in [2.45, 2.75) is 44.1 Å². The molecule has 1 saturated carbocycles. The summed E-state index contributed by atoms with van der Waals surface area (Å²) in [6, 6.07) is 1.72. The van der Waals surface area contributed by atoms with Crippen LogP contribution in [0.2, 0.25) is 5.02 Å². The summed E-state index contributed by atoms with van der Waals surface area (Å²) in [5.41, 5.74) is 0.786. The van der Waals surface area contributed by atoms with Gasteiger partial charge in [-0.05, 0) is 31.7 Å². The van der Waals surface area contributed by atoms with E-state index in [1.165, 1.54) is 12.8 Å². The van der Waals surface area contributed by atoms with E-state index in [-0.39, 0.29) is 11.6 Å². The minimum Gasteiger partial charge on any atom is -0.319 e. The highest BCUT2D eigenvalue weighted by molar-refractivity contribution is 6.30. The van der Waals surface area contributed by atoms with Crippen molar-refractivity contribution in [1.82, 2.24) is 9.88 Å². The van der Waals surface area contributed by atoms with E-state index in [2.05, 4.69) is 10.3 Å². The molecule has 2 heterocycles.